The second-order valence-corrected chi connectivity index (χ2v) is 15.1. The van der Waals surface area contributed by atoms with Crippen molar-refractivity contribution in [2.45, 2.75) is 51.3 Å². The number of fused-ring (bicyclic) bond motifs is 2. The topological polar surface area (TPSA) is 91.8 Å². The lowest BCUT2D eigenvalue weighted by Crippen LogP contribution is -2.35. The minimum atomic E-state index is -0.420. The summed E-state index contributed by atoms with van der Waals surface area (Å²) >= 11 is 1.27. The van der Waals surface area contributed by atoms with Crippen LogP contribution in [0.5, 0.6) is 40.2 Å². The summed E-state index contributed by atoms with van der Waals surface area (Å²) in [4.78, 5) is 22.8. The number of hydrogen-bond acceptors (Lipinski definition) is 11. The van der Waals surface area contributed by atoms with Gasteiger partial charge in [-0.2, -0.15) is 0 Å². The molecule has 0 unspecified atom stereocenters. The van der Waals surface area contributed by atoms with Crippen molar-refractivity contribution in [2.75, 3.05) is 48.5 Å². The molecule has 5 heterocycles. The van der Waals surface area contributed by atoms with Gasteiger partial charge >= 0.3 is 5.97 Å². The lowest BCUT2D eigenvalue weighted by Gasteiger charge is -2.38. The minimum Gasteiger partial charge on any atom is -0.493 e. The summed E-state index contributed by atoms with van der Waals surface area (Å²) in [6, 6.07) is 20.9. The number of rotatable bonds is 6. The van der Waals surface area contributed by atoms with E-state index >= 15 is 0 Å². The molecule has 0 saturated carbocycles. The first-order chi connectivity index (χ1) is 26.3. The molecule has 0 amide bonds. The zero-order valence-corrected chi connectivity index (χ0v) is 32.4. The highest BCUT2D eigenvalue weighted by atomic mass is 32.1. The van der Waals surface area contributed by atoms with Crippen molar-refractivity contribution in [3.05, 3.63) is 116 Å². The summed E-state index contributed by atoms with van der Waals surface area (Å²) in [7, 11) is 9.23. The van der Waals surface area contributed by atoms with Gasteiger partial charge in [0, 0.05) is 36.3 Å². The Hall–Kier alpha value is -5.10. The van der Waals surface area contributed by atoms with E-state index < -0.39 is 5.97 Å². The van der Waals surface area contributed by atoms with E-state index in [-0.39, 0.29) is 18.7 Å². The van der Waals surface area contributed by atoms with Crippen molar-refractivity contribution < 1.29 is 33.2 Å². The second-order valence-electron chi connectivity index (χ2n) is 14.2. The summed E-state index contributed by atoms with van der Waals surface area (Å²) in [6.07, 6.45) is 3.11. The van der Waals surface area contributed by atoms with Crippen molar-refractivity contribution in [2.24, 2.45) is 0 Å². The molecule has 11 heteroatoms. The average Bonchev–Trinajstić information content (AvgIpc) is 3.62. The lowest BCUT2D eigenvalue weighted by molar-refractivity contribution is 0.0472. The first kappa shape index (κ1) is 35.9. The Labute approximate surface area is 320 Å². The van der Waals surface area contributed by atoms with E-state index in [2.05, 4.69) is 71.3 Å². The van der Waals surface area contributed by atoms with Crippen molar-refractivity contribution in [3.63, 3.8) is 0 Å². The highest BCUT2D eigenvalue weighted by Gasteiger charge is 2.37. The molecule has 0 fully saturated rings. The third kappa shape index (κ3) is 6.65. The molecule has 10 nitrogen and oxygen atoms in total. The van der Waals surface area contributed by atoms with Crippen LogP contribution in [0.3, 0.4) is 0 Å². The molecule has 4 aromatic carbocycles. The monoisotopic (exact) mass is 747 g/mol. The van der Waals surface area contributed by atoms with Crippen LogP contribution in [-0.2, 0) is 37.0 Å². The number of carbonyl (C=O) groups is 1. The number of esters is 1. The molecule has 0 radical (unpaired) electrons. The highest BCUT2D eigenvalue weighted by molar-refractivity contribution is 7.11. The maximum atomic E-state index is 13.3. The number of carbonyl (C=O) groups excluding carboxylic acids is 1. The molecule has 0 spiro atoms. The van der Waals surface area contributed by atoms with E-state index in [1.807, 2.05) is 25.1 Å². The van der Waals surface area contributed by atoms with Crippen LogP contribution < -0.4 is 23.7 Å². The molecular weight excluding hydrogens is 703 g/mol. The number of aryl methyl sites for hydroxylation is 1. The van der Waals surface area contributed by atoms with E-state index in [1.165, 1.54) is 28.0 Å². The van der Waals surface area contributed by atoms with Crippen molar-refractivity contribution in [1.29, 1.82) is 0 Å². The fourth-order valence-electron chi connectivity index (χ4n) is 8.16. The van der Waals surface area contributed by atoms with Gasteiger partial charge in [-0.05, 0) is 111 Å². The predicted molar refractivity (Wildman–Crippen MR) is 207 cm³/mol. The van der Waals surface area contributed by atoms with E-state index in [0.29, 0.717) is 52.2 Å². The van der Waals surface area contributed by atoms with E-state index in [9.17, 15) is 4.79 Å². The summed E-state index contributed by atoms with van der Waals surface area (Å²) in [6.45, 7) is 3.54. The van der Waals surface area contributed by atoms with Crippen LogP contribution in [0.25, 0.3) is 0 Å². The molecule has 0 aliphatic carbocycles. The number of benzene rings is 4. The first-order valence-corrected chi connectivity index (χ1v) is 19.2. The molecule has 4 aliphatic heterocycles. The van der Waals surface area contributed by atoms with Crippen LogP contribution in [0, 0.1) is 6.92 Å². The smallest absolute Gasteiger partial charge is 0.350 e. The van der Waals surface area contributed by atoms with Crippen LogP contribution in [0.1, 0.15) is 66.4 Å². The van der Waals surface area contributed by atoms with Crippen LogP contribution in [0.4, 0.5) is 0 Å². The molecule has 5 aromatic rings. The standard InChI is InChI=1S/C43H45N3O7S/c1-25-42(54-24-44-25)43(47)51-23-33-31-16-18-46(3)35-20-27-9-14-36(48-4)37(21-27)52-29-11-7-26(8-12-29)19-34-32-22-30(13-10-28(32)15-17-45(34)2)53-40(38(31)35)41(50-6)39(33)49-5/h7-14,21-22,24,34-35H,15-20,23H2,1-6H3/t34-,35-/m0/s1. The van der Waals surface area contributed by atoms with Gasteiger partial charge in [0.2, 0.25) is 5.75 Å². The summed E-state index contributed by atoms with van der Waals surface area (Å²) in [5.41, 5.74) is 9.90. The van der Waals surface area contributed by atoms with Crippen LogP contribution >= 0.6 is 11.3 Å². The highest BCUT2D eigenvalue weighted by Crippen LogP contribution is 2.53. The number of hydrogen-bond donors (Lipinski definition) is 0. The Bertz CT molecular complexity index is 2200. The molecule has 0 saturated heterocycles. The molecule has 9 rings (SSSR count). The minimum absolute atomic E-state index is 0.000614. The normalized spacial score (nSPS) is 18.0. The fraction of sp³-hybridized carbons (Fsp3) is 0.349. The number of nitrogens with zero attached hydrogens (tertiary/aromatic N) is 3. The molecular formula is C43H45N3O7S. The number of likely N-dealkylation sites (N-methyl/N-ethyl adjacent to an activating group) is 2. The summed E-state index contributed by atoms with van der Waals surface area (Å²) in [5.74, 6) is 3.88. The third-order valence-electron chi connectivity index (χ3n) is 11.1. The average molecular weight is 748 g/mol. The van der Waals surface area contributed by atoms with E-state index in [4.69, 9.17) is 28.4 Å². The molecule has 6 bridgehead atoms. The Kier molecular flexibility index (Phi) is 9.95. The van der Waals surface area contributed by atoms with Gasteiger partial charge < -0.3 is 28.4 Å². The van der Waals surface area contributed by atoms with Crippen molar-refractivity contribution in [3.8, 4) is 40.2 Å². The van der Waals surface area contributed by atoms with Gasteiger partial charge in [-0.15, -0.1) is 11.3 Å². The van der Waals surface area contributed by atoms with Crippen molar-refractivity contribution >= 4 is 17.3 Å². The van der Waals surface area contributed by atoms with Gasteiger partial charge in [0.1, 0.15) is 23.0 Å². The Morgan fingerprint density at radius 3 is 2.30 bits per heavy atom. The number of aromatic nitrogens is 1. The Balaban J connectivity index is 1.32. The molecule has 1 aromatic heterocycles. The maximum Gasteiger partial charge on any atom is 0.350 e. The maximum absolute atomic E-state index is 13.3. The molecule has 280 valence electrons. The largest absolute Gasteiger partial charge is 0.493 e. The predicted octanol–water partition coefficient (Wildman–Crippen LogP) is 8.28. The summed E-state index contributed by atoms with van der Waals surface area (Å²) in [5, 5.41) is 0. The third-order valence-corrected chi connectivity index (χ3v) is 12.0. The van der Waals surface area contributed by atoms with E-state index in [0.717, 1.165) is 59.7 Å². The first-order valence-electron chi connectivity index (χ1n) is 18.3. The van der Waals surface area contributed by atoms with Crippen molar-refractivity contribution in [1.82, 2.24) is 14.8 Å². The molecule has 0 N–H and O–H groups in total. The van der Waals surface area contributed by atoms with Gasteiger partial charge in [-0.25, -0.2) is 9.78 Å². The lowest BCUT2D eigenvalue weighted by atomic mass is 9.84. The fourth-order valence-corrected chi connectivity index (χ4v) is 8.85. The van der Waals surface area contributed by atoms with Gasteiger partial charge in [0.05, 0.1) is 32.5 Å². The van der Waals surface area contributed by atoms with E-state index in [1.54, 1.807) is 26.8 Å². The number of ether oxygens (including phenoxy) is 6. The summed E-state index contributed by atoms with van der Waals surface area (Å²) < 4.78 is 37.7. The van der Waals surface area contributed by atoms with Crippen LogP contribution in [0.15, 0.2) is 66.2 Å². The van der Waals surface area contributed by atoms with Crippen LogP contribution in [0.2, 0.25) is 0 Å². The SMILES string of the molecule is COc1ccc2cc1Oc1ccc(cc1)C[C@H]1c3cc(ccc3CCN1C)Oc1c(OC)c(OC)c(COC(=O)c3scnc3C)c3c1[C@H](C2)N(C)CC3. The van der Waals surface area contributed by atoms with Crippen LogP contribution in [-0.4, -0.2) is 69.3 Å². The Morgan fingerprint density at radius 2 is 1.56 bits per heavy atom. The van der Waals surface area contributed by atoms with Gasteiger partial charge in [-0.3, -0.25) is 9.80 Å². The molecule has 54 heavy (non-hydrogen) atoms. The zero-order chi connectivity index (χ0) is 37.5. The quantitative estimate of drug-likeness (QED) is 0.158. The zero-order valence-electron chi connectivity index (χ0n) is 31.6. The van der Waals surface area contributed by atoms with Gasteiger partial charge in [-0.1, -0.05) is 24.3 Å². The number of thiazole rings is 1. The number of methoxy groups -OCH3 is 3. The second kappa shape index (κ2) is 15.0. The van der Waals surface area contributed by atoms with Gasteiger partial charge in [0.15, 0.2) is 23.0 Å². The molecule has 2 atom stereocenters. The Morgan fingerprint density at radius 1 is 0.833 bits per heavy atom. The molecule has 4 aliphatic rings. The van der Waals surface area contributed by atoms with Gasteiger partial charge in [0.25, 0.3) is 0 Å².